The van der Waals surface area contributed by atoms with Crippen LogP contribution in [0.3, 0.4) is 0 Å². The van der Waals surface area contributed by atoms with Crippen LogP contribution in [0.2, 0.25) is 0 Å². The molecular formula is C12H16BrNOS. The fraction of sp³-hybridized carbons (Fsp3) is 0.583. The molecule has 0 spiro atoms. The molecule has 0 aromatic carbocycles. The molecule has 0 radical (unpaired) electrons. The van der Waals surface area contributed by atoms with Crippen LogP contribution < -0.4 is 5.32 Å². The molecular weight excluding hydrogens is 286 g/mol. The average molecular weight is 302 g/mol. The number of alkyl halides is 1. The third-order valence-corrected chi connectivity index (χ3v) is 4.71. The van der Waals surface area contributed by atoms with Gasteiger partial charge in [-0.2, -0.15) is 11.3 Å². The highest BCUT2D eigenvalue weighted by atomic mass is 79.9. The molecule has 0 bridgehead atoms. The summed E-state index contributed by atoms with van der Waals surface area (Å²) >= 11 is 5.20. The lowest BCUT2D eigenvalue weighted by Gasteiger charge is -2.25. The number of hydrogen-bond donors (Lipinski definition) is 1. The standard InChI is InChI=1S/C12H16BrNOS/c13-11-3-1-9(2-4-11)7-14-12(15)10-5-6-16-8-10/h5-6,8-9,11H,1-4,7H2,(H,14,15). The van der Waals surface area contributed by atoms with Crippen molar-refractivity contribution in [1.82, 2.24) is 5.32 Å². The van der Waals surface area contributed by atoms with Gasteiger partial charge in [-0.15, -0.1) is 0 Å². The summed E-state index contributed by atoms with van der Waals surface area (Å²) in [6.45, 7) is 0.828. The Hall–Kier alpha value is -0.350. The number of amides is 1. The average Bonchev–Trinajstić information content (AvgIpc) is 2.81. The highest BCUT2D eigenvalue weighted by molar-refractivity contribution is 9.09. The maximum absolute atomic E-state index is 11.7. The first-order valence-corrected chi connectivity index (χ1v) is 7.56. The SMILES string of the molecule is O=C(NCC1CCC(Br)CC1)c1ccsc1. The fourth-order valence-corrected chi connectivity index (χ4v) is 3.22. The van der Waals surface area contributed by atoms with Crippen LogP contribution in [0.25, 0.3) is 0 Å². The van der Waals surface area contributed by atoms with E-state index in [4.69, 9.17) is 0 Å². The molecule has 0 atom stereocenters. The van der Waals surface area contributed by atoms with Crippen LogP contribution in [0, 0.1) is 5.92 Å². The Morgan fingerprint density at radius 1 is 1.44 bits per heavy atom. The molecule has 1 aliphatic rings. The minimum Gasteiger partial charge on any atom is -0.352 e. The second-order valence-corrected chi connectivity index (χ2v) is 6.42. The summed E-state index contributed by atoms with van der Waals surface area (Å²) in [6.07, 6.45) is 4.91. The van der Waals surface area contributed by atoms with Gasteiger partial charge in [-0.05, 0) is 43.0 Å². The maximum atomic E-state index is 11.7. The second-order valence-electron chi connectivity index (χ2n) is 4.34. The van der Waals surface area contributed by atoms with Crippen molar-refractivity contribution in [3.63, 3.8) is 0 Å². The van der Waals surface area contributed by atoms with Gasteiger partial charge >= 0.3 is 0 Å². The van der Waals surface area contributed by atoms with Crippen molar-refractivity contribution in [1.29, 1.82) is 0 Å². The molecule has 16 heavy (non-hydrogen) atoms. The van der Waals surface area contributed by atoms with Crippen LogP contribution >= 0.6 is 27.3 Å². The summed E-state index contributed by atoms with van der Waals surface area (Å²) < 4.78 is 0. The van der Waals surface area contributed by atoms with E-state index in [1.807, 2.05) is 16.8 Å². The molecule has 1 amide bonds. The van der Waals surface area contributed by atoms with E-state index >= 15 is 0 Å². The molecule has 88 valence electrons. The van der Waals surface area contributed by atoms with E-state index in [0.29, 0.717) is 10.7 Å². The molecule has 1 N–H and O–H groups in total. The van der Waals surface area contributed by atoms with Crippen molar-refractivity contribution in [2.45, 2.75) is 30.5 Å². The molecule has 1 heterocycles. The lowest BCUT2D eigenvalue weighted by molar-refractivity contribution is 0.0944. The molecule has 0 saturated heterocycles. The van der Waals surface area contributed by atoms with Gasteiger partial charge in [0.25, 0.3) is 5.91 Å². The van der Waals surface area contributed by atoms with Gasteiger partial charge in [-0.1, -0.05) is 15.9 Å². The first-order chi connectivity index (χ1) is 7.75. The molecule has 1 fully saturated rings. The first-order valence-electron chi connectivity index (χ1n) is 5.70. The Labute approximate surface area is 109 Å². The van der Waals surface area contributed by atoms with E-state index in [9.17, 15) is 4.79 Å². The first kappa shape index (κ1) is 12.1. The second kappa shape index (κ2) is 5.82. The zero-order chi connectivity index (χ0) is 11.4. The molecule has 2 rings (SSSR count). The van der Waals surface area contributed by atoms with Crippen LogP contribution in [-0.4, -0.2) is 17.3 Å². The number of carbonyl (C=O) groups is 1. The topological polar surface area (TPSA) is 29.1 Å². The molecule has 1 aromatic heterocycles. The van der Waals surface area contributed by atoms with E-state index in [0.717, 1.165) is 12.1 Å². The zero-order valence-corrected chi connectivity index (χ0v) is 11.5. The normalized spacial score (nSPS) is 25.3. The molecule has 1 aromatic rings. The van der Waals surface area contributed by atoms with Crippen LogP contribution in [0.5, 0.6) is 0 Å². The minimum absolute atomic E-state index is 0.0715. The van der Waals surface area contributed by atoms with Crippen molar-refractivity contribution < 1.29 is 4.79 Å². The predicted molar refractivity (Wildman–Crippen MR) is 71.3 cm³/mol. The number of thiophene rings is 1. The van der Waals surface area contributed by atoms with Gasteiger partial charge < -0.3 is 5.32 Å². The highest BCUT2D eigenvalue weighted by Gasteiger charge is 2.19. The number of halogens is 1. The lowest BCUT2D eigenvalue weighted by Crippen LogP contribution is -2.31. The Morgan fingerprint density at radius 3 is 2.81 bits per heavy atom. The number of hydrogen-bond acceptors (Lipinski definition) is 2. The Balaban J connectivity index is 1.73. The maximum Gasteiger partial charge on any atom is 0.252 e. The minimum atomic E-state index is 0.0715. The summed E-state index contributed by atoms with van der Waals surface area (Å²) in [4.78, 5) is 12.4. The van der Waals surface area contributed by atoms with Gasteiger partial charge in [-0.25, -0.2) is 0 Å². The fourth-order valence-electron chi connectivity index (χ4n) is 2.06. The zero-order valence-electron chi connectivity index (χ0n) is 9.12. The monoisotopic (exact) mass is 301 g/mol. The molecule has 0 aliphatic heterocycles. The molecule has 1 saturated carbocycles. The molecule has 0 unspecified atom stereocenters. The summed E-state index contributed by atoms with van der Waals surface area (Å²) in [5.41, 5.74) is 0.791. The predicted octanol–water partition coefficient (Wildman–Crippen LogP) is 3.43. The van der Waals surface area contributed by atoms with Crippen molar-refractivity contribution in [2.75, 3.05) is 6.54 Å². The smallest absolute Gasteiger partial charge is 0.252 e. The summed E-state index contributed by atoms with van der Waals surface area (Å²) in [5, 5.41) is 6.85. The molecule has 2 nitrogen and oxygen atoms in total. The van der Waals surface area contributed by atoms with E-state index in [1.54, 1.807) is 11.3 Å². The number of nitrogens with one attached hydrogen (secondary N) is 1. The van der Waals surface area contributed by atoms with Gasteiger partial charge in [0.2, 0.25) is 0 Å². The Morgan fingerprint density at radius 2 is 2.19 bits per heavy atom. The van der Waals surface area contributed by atoms with Crippen LogP contribution in [0.15, 0.2) is 16.8 Å². The summed E-state index contributed by atoms with van der Waals surface area (Å²) in [6, 6.07) is 1.87. The van der Waals surface area contributed by atoms with E-state index in [-0.39, 0.29) is 5.91 Å². The van der Waals surface area contributed by atoms with E-state index < -0.39 is 0 Å². The Bertz CT molecular complexity index is 331. The largest absolute Gasteiger partial charge is 0.352 e. The van der Waals surface area contributed by atoms with Gasteiger partial charge in [-0.3, -0.25) is 4.79 Å². The third kappa shape index (κ3) is 3.32. The summed E-state index contributed by atoms with van der Waals surface area (Å²) in [5.74, 6) is 0.735. The van der Waals surface area contributed by atoms with Crippen molar-refractivity contribution in [3.8, 4) is 0 Å². The third-order valence-electron chi connectivity index (χ3n) is 3.11. The Kier molecular flexibility index (Phi) is 4.41. The lowest BCUT2D eigenvalue weighted by atomic mass is 9.89. The van der Waals surface area contributed by atoms with Crippen molar-refractivity contribution in [2.24, 2.45) is 5.92 Å². The van der Waals surface area contributed by atoms with Crippen molar-refractivity contribution in [3.05, 3.63) is 22.4 Å². The number of carbonyl (C=O) groups excluding carboxylic acids is 1. The quantitative estimate of drug-likeness (QED) is 0.852. The van der Waals surface area contributed by atoms with E-state index in [1.165, 1.54) is 25.7 Å². The van der Waals surface area contributed by atoms with Crippen molar-refractivity contribution >= 4 is 33.2 Å². The molecule has 1 aliphatic carbocycles. The van der Waals surface area contributed by atoms with Gasteiger partial charge in [0.1, 0.15) is 0 Å². The number of rotatable bonds is 3. The van der Waals surface area contributed by atoms with Crippen LogP contribution in [-0.2, 0) is 0 Å². The summed E-state index contributed by atoms with van der Waals surface area (Å²) in [7, 11) is 0. The van der Waals surface area contributed by atoms with E-state index in [2.05, 4.69) is 21.2 Å². The molecule has 4 heteroatoms. The van der Waals surface area contributed by atoms with Crippen LogP contribution in [0.1, 0.15) is 36.0 Å². The highest BCUT2D eigenvalue weighted by Crippen LogP contribution is 2.28. The van der Waals surface area contributed by atoms with Gasteiger partial charge in [0, 0.05) is 22.3 Å². The van der Waals surface area contributed by atoms with Crippen LogP contribution in [0.4, 0.5) is 0 Å². The van der Waals surface area contributed by atoms with Gasteiger partial charge in [0.05, 0.1) is 0 Å². The van der Waals surface area contributed by atoms with Gasteiger partial charge in [0.15, 0.2) is 0 Å².